The van der Waals surface area contributed by atoms with Gasteiger partial charge in [0.25, 0.3) is 0 Å². The number of urea groups is 1. The van der Waals surface area contributed by atoms with E-state index < -0.39 is 0 Å². The van der Waals surface area contributed by atoms with Crippen molar-refractivity contribution in [2.75, 3.05) is 5.32 Å². The van der Waals surface area contributed by atoms with Gasteiger partial charge in [-0.1, -0.05) is 17.7 Å². The minimum atomic E-state index is -0.245. The van der Waals surface area contributed by atoms with Crippen LogP contribution in [0, 0.1) is 13.8 Å². The third-order valence-corrected chi connectivity index (χ3v) is 2.84. The van der Waals surface area contributed by atoms with Crippen molar-refractivity contribution in [2.45, 2.75) is 26.8 Å². The van der Waals surface area contributed by atoms with Crippen molar-refractivity contribution in [3.05, 3.63) is 53.5 Å². The number of nitrogens with one attached hydrogen (secondary N) is 2. The average molecular weight is 258 g/mol. The Hall–Kier alpha value is -2.23. The van der Waals surface area contributed by atoms with E-state index in [0.717, 1.165) is 22.8 Å². The highest BCUT2D eigenvalue weighted by molar-refractivity contribution is 5.89. The summed E-state index contributed by atoms with van der Waals surface area (Å²) in [7, 11) is 0. The zero-order valence-corrected chi connectivity index (χ0v) is 11.4. The summed E-state index contributed by atoms with van der Waals surface area (Å²) in [5.41, 5.74) is 1.93. The number of anilines is 1. The molecule has 100 valence electrons. The molecule has 1 aromatic heterocycles. The number of carbonyl (C=O) groups is 1. The van der Waals surface area contributed by atoms with Crippen LogP contribution in [0.2, 0.25) is 0 Å². The van der Waals surface area contributed by atoms with E-state index in [0.29, 0.717) is 0 Å². The van der Waals surface area contributed by atoms with Gasteiger partial charge in [-0.25, -0.2) is 4.79 Å². The lowest BCUT2D eigenvalue weighted by atomic mass is 10.2. The maximum atomic E-state index is 11.8. The third-order valence-electron chi connectivity index (χ3n) is 2.84. The van der Waals surface area contributed by atoms with E-state index in [1.54, 1.807) is 0 Å². The molecule has 19 heavy (non-hydrogen) atoms. The molecule has 0 unspecified atom stereocenters. The lowest BCUT2D eigenvalue weighted by molar-refractivity contribution is 0.247. The minimum Gasteiger partial charge on any atom is -0.464 e. The predicted molar refractivity (Wildman–Crippen MR) is 75.2 cm³/mol. The smallest absolute Gasteiger partial charge is 0.319 e. The summed E-state index contributed by atoms with van der Waals surface area (Å²) in [5.74, 6) is 1.58. The molecule has 2 aromatic rings. The molecule has 2 rings (SSSR count). The number of furan rings is 1. The summed E-state index contributed by atoms with van der Waals surface area (Å²) < 4.78 is 5.47. The van der Waals surface area contributed by atoms with Crippen LogP contribution in [0.4, 0.5) is 10.5 Å². The van der Waals surface area contributed by atoms with Crippen LogP contribution in [-0.2, 0) is 0 Å². The van der Waals surface area contributed by atoms with Gasteiger partial charge in [0, 0.05) is 5.69 Å². The molecule has 0 fully saturated rings. The fourth-order valence-corrected chi connectivity index (χ4v) is 1.76. The molecule has 0 radical (unpaired) electrons. The van der Waals surface area contributed by atoms with Gasteiger partial charge in [-0.15, -0.1) is 0 Å². The summed E-state index contributed by atoms with van der Waals surface area (Å²) in [5, 5.41) is 5.61. The van der Waals surface area contributed by atoms with Crippen LogP contribution >= 0.6 is 0 Å². The molecule has 1 atom stereocenters. The van der Waals surface area contributed by atoms with Crippen molar-refractivity contribution in [1.82, 2.24) is 5.32 Å². The highest BCUT2D eigenvalue weighted by Gasteiger charge is 2.12. The Morgan fingerprint density at radius 2 is 1.79 bits per heavy atom. The zero-order valence-electron chi connectivity index (χ0n) is 11.4. The second-order valence-corrected chi connectivity index (χ2v) is 4.63. The Morgan fingerprint density at radius 3 is 2.37 bits per heavy atom. The zero-order chi connectivity index (χ0) is 13.8. The van der Waals surface area contributed by atoms with Crippen LogP contribution in [0.3, 0.4) is 0 Å². The minimum absolute atomic E-state index is 0.167. The molecule has 0 saturated heterocycles. The first kappa shape index (κ1) is 13.2. The van der Waals surface area contributed by atoms with Gasteiger partial charge in [-0.2, -0.15) is 0 Å². The fourth-order valence-electron chi connectivity index (χ4n) is 1.76. The number of aryl methyl sites for hydroxylation is 2. The molecule has 0 saturated carbocycles. The first-order valence-electron chi connectivity index (χ1n) is 6.25. The van der Waals surface area contributed by atoms with Gasteiger partial charge in [0.05, 0.1) is 6.04 Å². The topological polar surface area (TPSA) is 54.3 Å². The van der Waals surface area contributed by atoms with E-state index in [2.05, 4.69) is 10.6 Å². The van der Waals surface area contributed by atoms with E-state index in [9.17, 15) is 4.79 Å². The van der Waals surface area contributed by atoms with Crippen molar-refractivity contribution in [2.24, 2.45) is 0 Å². The molecule has 0 aliphatic heterocycles. The molecule has 4 heteroatoms. The van der Waals surface area contributed by atoms with Gasteiger partial charge in [0.2, 0.25) is 0 Å². The standard InChI is InChI=1S/C15H18N2O2/c1-10-4-7-13(8-5-10)17-15(18)16-12(3)14-9-6-11(2)19-14/h4-9,12H,1-3H3,(H2,16,17,18)/t12-/m0/s1. The van der Waals surface area contributed by atoms with Crippen LogP contribution in [0.15, 0.2) is 40.8 Å². The Balaban J connectivity index is 1.92. The molecule has 4 nitrogen and oxygen atoms in total. The van der Waals surface area contributed by atoms with Gasteiger partial charge in [0.15, 0.2) is 0 Å². The van der Waals surface area contributed by atoms with Crippen LogP contribution < -0.4 is 10.6 Å². The van der Waals surface area contributed by atoms with E-state index in [-0.39, 0.29) is 12.1 Å². The molecular weight excluding hydrogens is 240 g/mol. The van der Waals surface area contributed by atoms with Gasteiger partial charge in [0.1, 0.15) is 11.5 Å². The van der Waals surface area contributed by atoms with Gasteiger partial charge >= 0.3 is 6.03 Å². The first-order chi connectivity index (χ1) is 9.04. The van der Waals surface area contributed by atoms with Crippen molar-refractivity contribution < 1.29 is 9.21 Å². The van der Waals surface area contributed by atoms with Crippen LogP contribution in [0.25, 0.3) is 0 Å². The quantitative estimate of drug-likeness (QED) is 0.880. The van der Waals surface area contributed by atoms with Gasteiger partial charge in [-0.3, -0.25) is 0 Å². The highest BCUT2D eigenvalue weighted by atomic mass is 16.3. The summed E-state index contributed by atoms with van der Waals surface area (Å²) >= 11 is 0. The lowest BCUT2D eigenvalue weighted by Crippen LogP contribution is -2.30. The number of carbonyl (C=O) groups excluding carboxylic acids is 1. The Labute approximate surface area is 112 Å². The van der Waals surface area contributed by atoms with Crippen LogP contribution in [-0.4, -0.2) is 6.03 Å². The number of amides is 2. The van der Waals surface area contributed by atoms with E-state index in [4.69, 9.17) is 4.42 Å². The lowest BCUT2D eigenvalue weighted by Gasteiger charge is -2.12. The number of hydrogen-bond donors (Lipinski definition) is 2. The van der Waals surface area contributed by atoms with E-state index in [1.165, 1.54) is 0 Å². The molecule has 0 spiro atoms. The van der Waals surface area contributed by atoms with Crippen LogP contribution in [0.1, 0.15) is 30.0 Å². The number of hydrogen-bond acceptors (Lipinski definition) is 2. The molecule has 0 aliphatic rings. The van der Waals surface area contributed by atoms with Gasteiger partial charge < -0.3 is 15.1 Å². The SMILES string of the molecule is Cc1ccc(NC(=O)N[C@@H](C)c2ccc(C)o2)cc1. The third kappa shape index (κ3) is 3.61. The largest absolute Gasteiger partial charge is 0.464 e. The Kier molecular flexibility index (Phi) is 3.90. The maximum absolute atomic E-state index is 11.8. The second-order valence-electron chi connectivity index (χ2n) is 4.63. The fraction of sp³-hybridized carbons (Fsp3) is 0.267. The molecule has 1 aromatic carbocycles. The maximum Gasteiger partial charge on any atom is 0.319 e. The Bertz CT molecular complexity index is 558. The summed E-state index contributed by atoms with van der Waals surface area (Å²) in [4.78, 5) is 11.8. The molecule has 1 heterocycles. The van der Waals surface area contributed by atoms with Gasteiger partial charge in [-0.05, 0) is 45.0 Å². The predicted octanol–water partition coefficient (Wildman–Crippen LogP) is 3.78. The number of benzene rings is 1. The van der Waals surface area contributed by atoms with E-state index >= 15 is 0 Å². The summed E-state index contributed by atoms with van der Waals surface area (Å²) in [6.45, 7) is 5.76. The first-order valence-corrected chi connectivity index (χ1v) is 6.25. The monoisotopic (exact) mass is 258 g/mol. The summed E-state index contributed by atoms with van der Waals surface area (Å²) in [6.07, 6.45) is 0. The number of rotatable bonds is 3. The molecule has 2 N–H and O–H groups in total. The normalized spacial score (nSPS) is 11.9. The molecule has 2 amide bonds. The summed E-state index contributed by atoms with van der Waals surface area (Å²) in [6, 6.07) is 11.0. The van der Waals surface area contributed by atoms with Crippen molar-refractivity contribution in [3.63, 3.8) is 0 Å². The average Bonchev–Trinajstić information content (AvgIpc) is 2.79. The second kappa shape index (κ2) is 5.61. The van der Waals surface area contributed by atoms with Crippen molar-refractivity contribution >= 4 is 11.7 Å². The molecule has 0 aliphatic carbocycles. The molecule has 0 bridgehead atoms. The molecular formula is C15H18N2O2. The van der Waals surface area contributed by atoms with Crippen molar-refractivity contribution in [3.8, 4) is 0 Å². The van der Waals surface area contributed by atoms with E-state index in [1.807, 2.05) is 57.2 Å². The Morgan fingerprint density at radius 1 is 1.11 bits per heavy atom. The van der Waals surface area contributed by atoms with Crippen molar-refractivity contribution in [1.29, 1.82) is 0 Å². The highest BCUT2D eigenvalue weighted by Crippen LogP contribution is 2.16. The van der Waals surface area contributed by atoms with Crippen LogP contribution in [0.5, 0.6) is 0 Å².